The summed E-state index contributed by atoms with van der Waals surface area (Å²) < 4.78 is 38.3. The molecule has 3 amide bonds. The van der Waals surface area contributed by atoms with Crippen molar-refractivity contribution in [2.24, 2.45) is 11.3 Å². The standard InChI is InChI=1S/C53H56F2N10O5/c1-2-36-41(54)9-6-32-22-35(66)23-38(45(32)36)47-46(55)48-39(24-56-47)49(64-26-33-7-8-34(27-64)57-33)60-52(59-48)70-21-20-61-16-12-31(13-17-61)25-62-29-53(30-62)14-18-63(19-15-53)42-5-3-4-37-40(42)28-65(51(37)69)43-10-11-44(67)58-50(43)68/h1,3-6,9,22-24,31,33-34,43,57,66H,7-8,10-21,25-30H2,(H,58,67,68). The first-order valence-electron chi connectivity index (χ1n) is 24.9. The maximum Gasteiger partial charge on any atom is 0.319 e. The number of ether oxygens (including phenoxy) is 1. The second-order valence-electron chi connectivity index (χ2n) is 20.7. The van der Waals surface area contributed by atoms with Crippen LogP contribution in [-0.2, 0) is 16.1 Å². The van der Waals surface area contributed by atoms with Gasteiger partial charge in [0.25, 0.3) is 5.91 Å². The molecular formula is C53H56F2N10O5. The number of carbonyl (C=O) groups excluding carboxylic acids is 3. The van der Waals surface area contributed by atoms with E-state index in [1.807, 2.05) is 12.1 Å². The number of fused-ring (bicyclic) bond motifs is 5. The van der Waals surface area contributed by atoms with Gasteiger partial charge in [-0.2, -0.15) is 9.97 Å². The fourth-order valence-electron chi connectivity index (χ4n) is 12.7. The predicted molar refractivity (Wildman–Crippen MR) is 259 cm³/mol. The van der Waals surface area contributed by atoms with Crippen molar-refractivity contribution in [3.8, 4) is 35.4 Å². The molecule has 3 aromatic carbocycles. The molecule has 6 saturated heterocycles. The molecule has 0 saturated carbocycles. The Kier molecular flexibility index (Phi) is 11.3. The summed E-state index contributed by atoms with van der Waals surface area (Å²) in [7, 11) is 0. The number of piperazine rings is 1. The van der Waals surface area contributed by atoms with Crippen LogP contribution in [0.5, 0.6) is 11.8 Å². The fourth-order valence-corrected chi connectivity index (χ4v) is 12.7. The van der Waals surface area contributed by atoms with Crippen molar-refractivity contribution in [2.45, 2.75) is 76.0 Å². The molecule has 6 fully saturated rings. The minimum Gasteiger partial charge on any atom is -0.508 e. The zero-order valence-corrected chi connectivity index (χ0v) is 39.1. The van der Waals surface area contributed by atoms with Gasteiger partial charge in [-0.15, -0.1) is 6.42 Å². The Bertz CT molecular complexity index is 2980. The van der Waals surface area contributed by atoms with Crippen LogP contribution in [0.15, 0.2) is 48.7 Å². The van der Waals surface area contributed by atoms with Crippen LogP contribution in [0, 0.1) is 35.3 Å². The zero-order valence-electron chi connectivity index (χ0n) is 39.1. The van der Waals surface area contributed by atoms with Crippen LogP contribution >= 0.6 is 0 Å². The molecular weight excluding hydrogens is 895 g/mol. The number of phenols is 1. The van der Waals surface area contributed by atoms with Crippen LogP contribution in [0.1, 0.15) is 72.9 Å². The quantitative estimate of drug-likeness (QED) is 0.124. The molecule has 15 nitrogen and oxygen atoms in total. The molecule has 3 unspecified atom stereocenters. The van der Waals surface area contributed by atoms with Gasteiger partial charge in [-0.05, 0) is 105 Å². The molecule has 5 aromatic rings. The minimum absolute atomic E-state index is 0.0299. The van der Waals surface area contributed by atoms with E-state index < -0.39 is 17.7 Å². The number of amides is 3. The number of hydrogen-bond donors (Lipinski definition) is 3. The first-order chi connectivity index (χ1) is 34.0. The first kappa shape index (κ1) is 44.7. The lowest BCUT2D eigenvalue weighted by Gasteiger charge is -2.55. The van der Waals surface area contributed by atoms with Crippen LogP contribution in [0.25, 0.3) is 32.9 Å². The Labute approximate surface area is 404 Å². The van der Waals surface area contributed by atoms with Crippen molar-refractivity contribution in [1.29, 1.82) is 0 Å². The van der Waals surface area contributed by atoms with Crippen LogP contribution in [0.3, 0.4) is 0 Å². The number of hydrogen-bond acceptors (Lipinski definition) is 13. The molecule has 7 aliphatic heterocycles. The third-order valence-corrected chi connectivity index (χ3v) is 16.3. The second kappa shape index (κ2) is 17.7. The Balaban J connectivity index is 0.663. The molecule has 3 N–H and O–H groups in total. The van der Waals surface area contributed by atoms with Gasteiger partial charge < -0.3 is 34.8 Å². The first-order valence-corrected chi connectivity index (χ1v) is 24.9. The summed E-state index contributed by atoms with van der Waals surface area (Å²) in [5.74, 6) is 1.28. The number of halogens is 2. The molecule has 12 rings (SSSR count). The van der Waals surface area contributed by atoms with Gasteiger partial charge in [0, 0.05) is 111 Å². The number of pyridine rings is 1. The molecule has 362 valence electrons. The molecule has 17 heteroatoms. The lowest BCUT2D eigenvalue weighted by Crippen LogP contribution is -2.61. The summed E-state index contributed by atoms with van der Waals surface area (Å²) >= 11 is 0. The van der Waals surface area contributed by atoms with Crippen LogP contribution in [0.4, 0.5) is 20.3 Å². The molecule has 70 heavy (non-hydrogen) atoms. The second-order valence-corrected chi connectivity index (χ2v) is 20.7. The monoisotopic (exact) mass is 950 g/mol. The van der Waals surface area contributed by atoms with E-state index >= 15 is 8.78 Å². The van der Waals surface area contributed by atoms with Gasteiger partial charge in [-0.1, -0.05) is 18.1 Å². The highest BCUT2D eigenvalue weighted by Crippen LogP contribution is 2.44. The average molecular weight is 951 g/mol. The molecule has 2 bridgehead atoms. The van der Waals surface area contributed by atoms with E-state index in [-0.39, 0.29) is 63.6 Å². The topological polar surface area (TPSA) is 160 Å². The highest BCUT2D eigenvalue weighted by Gasteiger charge is 2.46. The fraction of sp³-hybridized carbons (Fsp3) is 0.472. The number of carbonyl (C=O) groups is 3. The predicted octanol–water partition coefficient (Wildman–Crippen LogP) is 5.20. The summed E-state index contributed by atoms with van der Waals surface area (Å²) in [6, 6.07) is 11.5. The number of rotatable bonds is 10. The minimum atomic E-state index is -0.737. The van der Waals surface area contributed by atoms with Crippen molar-refractivity contribution in [3.05, 3.63) is 77.0 Å². The number of aromatic nitrogens is 3. The Morgan fingerprint density at radius 3 is 2.44 bits per heavy atom. The van der Waals surface area contributed by atoms with Crippen LogP contribution < -0.4 is 25.2 Å². The van der Waals surface area contributed by atoms with E-state index in [2.05, 4.69) is 52.2 Å². The molecule has 7 aliphatic rings. The third kappa shape index (κ3) is 8.03. The highest BCUT2D eigenvalue weighted by molar-refractivity contribution is 6.06. The van der Waals surface area contributed by atoms with Crippen molar-refractivity contribution >= 4 is 50.9 Å². The molecule has 3 atom stereocenters. The number of imide groups is 1. The van der Waals surface area contributed by atoms with Crippen molar-refractivity contribution < 1.29 is 33.0 Å². The van der Waals surface area contributed by atoms with E-state index in [1.165, 1.54) is 24.3 Å². The van der Waals surface area contributed by atoms with E-state index in [9.17, 15) is 19.5 Å². The number of terminal acetylenes is 1. The van der Waals surface area contributed by atoms with Gasteiger partial charge in [0.1, 0.15) is 41.2 Å². The van der Waals surface area contributed by atoms with E-state index in [0.717, 1.165) is 95.6 Å². The number of benzene rings is 3. The van der Waals surface area contributed by atoms with Gasteiger partial charge >= 0.3 is 6.01 Å². The summed E-state index contributed by atoms with van der Waals surface area (Å²) in [5, 5.41) is 17.9. The number of likely N-dealkylation sites (tertiary alicyclic amines) is 2. The number of nitrogens with zero attached hydrogens (tertiary/aromatic N) is 8. The zero-order chi connectivity index (χ0) is 47.8. The Hall–Kier alpha value is -6.48. The third-order valence-electron chi connectivity index (χ3n) is 16.3. The molecule has 2 aromatic heterocycles. The largest absolute Gasteiger partial charge is 0.508 e. The molecule has 0 radical (unpaired) electrons. The van der Waals surface area contributed by atoms with Gasteiger partial charge in [0.15, 0.2) is 5.82 Å². The SMILES string of the molecule is C#Cc1c(F)ccc2cc(O)cc(-c3ncc4c(N5CC6CCC(C5)N6)nc(OCCN5CCC(CN6CC7(CCN(c8cccc9c8CN(C8CCC(=O)NC8=O)C9=O)CC7)C6)CC5)nc4c3F)c12. The van der Waals surface area contributed by atoms with E-state index in [1.54, 1.807) is 11.1 Å². The van der Waals surface area contributed by atoms with Gasteiger partial charge in [0.2, 0.25) is 11.8 Å². The maximum atomic E-state index is 17.0. The van der Waals surface area contributed by atoms with Gasteiger partial charge in [-0.25, -0.2) is 8.78 Å². The lowest BCUT2D eigenvalue weighted by molar-refractivity contribution is -0.136. The number of nitrogens with one attached hydrogen (secondary N) is 2. The van der Waals surface area contributed by atoms with Gasteiger partial charge in [-0.3, -0.25) is 29.6 Å². The summed E-state index contributed by atoms with van der Waals surface area (Å²) in [5.41, 5.74) is 3.09. The van der Waals surface area contributed by atoms with Crippen molar-refractivity contribution in [1.82, 2.24) is 40.3 Å². The summed E-state index contributed by atoms with van der Waals surface area (Å²) in [6.07, 6.45) is 14.4. The van der Waals surface area contributed by atoms with Crippen LogP contribution in [-0.4, -0.2) is 143 Å². The summed E-state index contributed by atoms with van der Waals surface area (Å²) in [6.45, 7) is 9.90. The van der Waals surface area contributed by atoms with E-state index in [4.69, 9.17) is 16.1 Å². The van der Waals surface area contributed by atoms with Crippen molar-refractivity contribution in [3.63, 3.8) is 0 Å². The molecule has 0 aliphatic carbocycles. The average Bonchev–Trinajstić information content (AvgIpc) is 3.87. The number of aromatic hydroxyl groups is 1. The molecule has 1 spiro atoms. The highest BCUT2D eigenvalue weighted by atomic mass is 19.1. The Morgan fingerprint density at radius 2 is 1.69 bits per heavy atom. The normalized spacial score (nSPS) is 23.8. The smallest absolute Gasteiger partial charge is 0.319 e. The summed E-state index contributed by atoms with van der Waals surface area (Å²) in [4.78, 5) is 63.2. The van der Waals surface area contributed by atoms with E-state index in [0.29, 0.717) is 84.8 Å². The van der Waals surface area contributed by atoms with Gasteiger partial charge in [0.05, 0.1) is 10.9 Å². The number of phenolic OH excluding ortho intramolecular Hbond substituents is 1. The maximum absolute atomic E-state index is 17.0. The number of anilines is 2. The number of piperidine rings is 3. The van der Waals surface area contributed by atoms with Crippen LogP contribution in [0.2, 0.25) is 0 Å². The Morgan fingerprint density at radius 1 is 0.900 bits per heavy atom. The molecule has 9 heterocycles. The van der Waals surface area contributed by atoms with Crippen molar-refractivity contribution in [2.75, 3.05) is 81.9 Å². The lowest BCUT2D eigenvalue weighted by atomic mass is 9.71.